The Bertz CT molecular complexity index is 758. The van der Waals surface area contributed by atoms with E-state index in [4.69, 9.17) is 0 Å². The Morgan fingerprint density at radius 1 is 1.25 bits per heavy atom. The smallest absolute Gasteiger partial charge is 0.251 e. The van der Waals surface area contributed by atoms with Crippen LogP contribution in [0.15, 0.2) is 42.7 Å². The lowest BCUT2D eigenvalue weighted by Crippen LogP contribution is -2.28. The normalized spacial score (nSPS) is 14.2. The lowest BCUT2D eigenvalue weighted by Gasteiger charge is -2.17. The van der Waals surface area contributed by atoms with Crippen molar-refractivity contribution in [3.63, 3.8) is 0 Å². The molecule has 0 saturated heterocycles. The van der Waals surface area contributed by atoms with Crippen molar-refractivity contribution in [3.05, 3.63) is 59.4 Å². The molecule has 2 heterocycles. The van der Waals surface area contributed by atoms with Crippen LogP contribution >= 0.6 is 0 Å². The van der Waals surface area contributed by atoms with Crippen LogP contribution in [0.1, 0.15) is 47.8 Å². The number of aromatic nitrogens is 1. The first-order valence-electron chi connectivity index (χ1n) is 8.24. The Kier molecular flexibility index (Phi) is 4.60. The van der Waals surface area contributed by atoms with Crippen molar-refractivity contribution >= 4 is 17.5 Å². The van der Waals surface area contributed by atoms with Crippen molar-refractivity contribution in [2.45, 2.75) is 32.7 Å². The minimum Gasteiger partial charge on any atom is -0.346 e. The lowest BCUT2D eigenvalue weighted by molar-refractivity contribution is -0.118. The molecule has 2 aromatic rings. The van der Waals surface area contributed by atoms with E-state index >= 15 is 0 Å². The van der Waals surface area contributed by atoms with E-state index in [9.17, 15) is 9.59 Å². The van der Waals surface area contributed by atoms with Crippen LogP contribution in [0.5, 0.6) is 0 Å². The van der Waals surface area contributed by atoms with E-state index in [0.29, 0.717) is 18.5 Å². The van der Waals surface area contributed by atoms with E-state index in [-0.39, 0.29) is 17.9 Å². The fraction of sp³-hybridized carbons (Fsp3) is 0.316. The number of amides is 2. The summed E-state index contributed by atoms with van der Waals surface area (Å²) in [6, 6.07) is 9.25. The van der Waals surface area contributed by atoms with Crippen LogP contribution in [0.25, 0.3) is 0 Å². The molecule has 5 heteroatoms. The van der Waals surface area contributed by atoms with E-state index < -0.39 is 0 Å². The van der Waals surface area contributed by atoms with Gasteiger partial charge in [-0.05, 0) is 54.8 Å². The Morgan fingerprint density at radius 3 is 2.71 bits per heavy atom. The molecule has 1 aliphatic rings. The first-order chi connectivity index (χ1) is 11.6. The standard InChI is InChI=1S/C19H21N3O2/c1-3-18(23)22-11-8-15-12-16(4-5-17(15)22)19(24)21-13(2)14-6-9-20-10-7-14/h4-7,9-10,12-13H,3,8,11H2,1-2H3,(H,21,24). The van der Waals surface area contributed by atoms with Crippen molar-refractivity contribution in [2.75, 3.05) is 11.4 Å². The van der Waals surface area contributed by atoms with Crippen molar-refractivity contribution in [1.82, 2.24) is 10.3 Å². The maximum Gasteiger partial charge on any atom is 0.251 e. The molecule has 0 saturated carbocycles. The fourth-order valence-corrected chi connectivity index (χ4v) is 3.01. The number of benzene rings is 1. The van der Waals surface area contributed by atoms with Crippen LogP contribution in [0, 0.1) is 0 Å². The minimum atomic E-state index is -0.109. The minimum absolute atomic E-state index is 0.0908. The Balaban J connectivity index is 1.74. The number of hydrogen-bond acceptors (Lipinski definition) is 3. The third kappa shape index (κ3) is 3.15. The zero-order valence-electron chi connectivity index (χ0n) is 14.0. The van der Waals surface area contributed by atoms with Gasteiger partial charge in [0.05, 0.1) is 6.04 Å². The summed E-state index contributed by atoms with van der Waals surface area (Å²) >= 11 is 0. The lowest BCUT2D eigenvalue weighted by atomic mass is 10.1. The molecule has 1 aromatic carbocycles. The van der Waals surface area contributed by atoms with Gasteiger partial charge in [0.25, 0.3) is 5.91 Å². The van der Waals surface area contributed by atoms with E-state index in [1.807, 2.05) is 38.1 Å². The molecule has 0 fully saturated rings. The molecule has 24 heavy (non-hydrogen) atoms. The summed E-state index contributed by atoms with van der Waals surface area (Å²) in [4.78, 5) is 30.2. The van der Waals surface area contributed by atoms with Crippen molar-refractivity contribution in [2.24, 2.45) is 0 Å². The molecule has 1 aromatic heterocycles. The second-order valence-corrected chi connectivity index (χ2v) is 5.97. The first-order valence-corrected chi connectivity index (χ1v) is 8.24. The summed E-state index contributed by atoms with van der Waals surface area (Å²) < 4.78 is 0. The summed E-state index contributed by atoms with van der Waals surface area (Å²) in [6.07, 6.45) is 4.71. The highest BCUT2D eigenvalue weighted by atomic mass is 16.2. The number of rotatable bonds is 4. The first kappa shape index (κ1) is 16.2. The predicted octanol–water partition coefficient (Wildman–Crippen LogP) is 2.87. The molecule has 0 aliphatic carbocycles. The Labute approximate surface area is 141 Å². The van der Waals surface area contributed by atoms with E-state index in [1.54, 1.807) is 23.4 Å². The van der Waals surface area contributed by atoms with E-state index in [1.165, 1.54) is 0 Å². The third-order valence-electron chi connectivity index (χ3n) is 4.39. The van der Waals surface area contributed by atoms with Crippen molar-refractivity contribution < 1.29 is 9.59 Å². The number of nitrogens with one attached hydrogen (secondary N) is 1. The average Bonchev–Trinajstić information content (AvgIpc) is 3.04. The van der Waals surface area contributed by atoms with Gasteiger partial charge < -0.3 is 10.2 Å². The van der Waals surface area contributed by atoms with Gasteiger partial charge in [0.15, 0.2) is 0 Å². The molecular formula is C19H21N3O2. The van der Waals surface area contributed by atoms with Crippen LogP contribution in [0.4, 0.5) is 5.69 Å². The molecule has 0 bridgehead atoms. The molecule has 1 unspecified atom stereocenters. The summed E-state index contributed by atoms with van der Waals surface area (Å²) in [5, 5.41) is 3.00. The zero-order valence-corrected chi connectivity index (χ0v) is 14.0. The predicted molar refractivity (Wildman–Crippen MR) is 92.9 cm³/mol. The van der Waals surface area contributed by atoms with Crippen molar-refractivity contribution in [1.29, 1.82) is 0 Å². The zero-order chi connectivity index (χ0) is 17.1. The summed E-state index contributed by atoms with van der Waals surface area (Å²) in [7, 11) is 0. The van der Waals surface area contributed by atoms with Gasteiger partial charge in [0.2, 0.25) is 5.91 Å². The average molecular weight is 323 g/mol. The number of pyridine rings is 1. The molecule has 0 spiro atoms. The third-order valence-corrected chi connectivity index (χ3v) is 4.39. The largest absolute Gasteiger partial charge is 0.346 e. The fourth-order valence-electron chi connectivity index (χ4n) is 3.01. The van der Waals surface area contributed by atoms with Gasteiger partial charge in [0.1, 0.15) is 0 Å². The SMILES string of the molecule is CCC(=O)N1CCc2cc(C(=O)NC(C)c3ccncc3)ccc21. The van der Waals surface area contributed by atoms with E-state index in [0.717, 1.165) is 23.2 Å². The monoisotopic (exact) mass is 323 g/mol. The quantitative estimate of drug-likeness (QED) is 0.941. The molecule has 2 amide bonds. The van der Waals surface area contributed by atoms with Gasteiger partial charge in [0, 0.05) is 36.6 Å². The molecule has 1 N–H and O–H groups in total. The summed E-state index contributed by atoms with van der Waals surface area (Å²) in [6.45, 7) is 4.51. The highest BCUT2D eigenvalue weighted by Gasteiger charge is 2.24. The van der Waals surface area contributed by atoms with Crippen molar-refractivity contribution in [3.8, 4) is 0 Å². The van der Waals surface area contributed by atoms with Gasteiger partial charge in [-0.2, -0.15) is 0 Å². The number of nitrogens with zero attached hydrogens (tertiary/aromatic N) is 2. The number of fused-ring (bicyclic) bond motifs is 1. The molecule has 3 rings (SSSR count). The molecule has 124 valence electrons. The van der Waals surface area contributed by atoms with Crippen LogP contribution in [0.2, 0.25) is 0 Å². The maximum absolute atomic E-state index is 12.5. The number of carbonyl (C=O) groups is 2. The van der Waals surface area contributed by atoms with E-state index in [2.05, 4.69) is 10.3 Å². The molecule has 1 atom stereocenters. The van der Waals surface area contributed by atoms with Gasteiger partial charge >= 0.3 is 0 Å². The maximum atomic E-state index is 12.5. The number of carbonyl (C=O) groups excluding carboxylic acids is 2. The number of hydrogen-bond donors (Lipinski definition) is 1. The summed E-state index contributed by atoms with van der Waals surface area (Å²) in [5.41, 5.74) is 3.63. The highest BCUT2D eigenvalue weighted by molar-refractivity contribution is 5.98. The molecule has 0 radical (unpaired) electrons. The van der Waals surface area contributed by atoms with Crippen LogP contribution in [-0.2, 0) is 11.2 Å². The van der Waals surface area contributed by atoms with Crippen LogP contribution in [0.3, 0.4) is 0 Å². The summed E-state index contributed by atoms with van der Waals surface area (Å²) in [5.74, 6) is 0.0136. The Hall–Kier alpha value is -2.69. The van der Waals surface area contributed by atoms with Crippen LogP contribution in [-0.4, -0.2) is 23.3 Å². The van der Waals surface area contributed by atoms with Gasteiger partial charge in [-0.1, -0.05) is 6.92 Å². The van der Waals surface area contributed by atoms with Gasteiger partial charge in [-0.25, -0.2) is 0 Å². The van der Waals surface area contributed by atoms with Crippen LogP contribution < -0.4 is 10.2 Å². The molecule has 1 aliphatic heterocycles. The topological polar surface area (TPSA) is 62.3 Å². The highest BCUT2D eigenvalue weighted by Crippen LogP contribution is 2.29. The Morgan fingerprint density at radius 2 is 2.00 bits per heavy atom. The van der Waals surface area contributed by atoms with Gasteiger partial charge in [-0.3, -0.25) is 14.6 Å². The van der Waals surface area contributed by atoms with Gasteiger partial charge in [-0.15, -0.1) is 0 Å². The number of anilines is 1. The second kappa shape index (κ2) is 6.83. The molecule has 5 nitrogen and oxygen atoms in total. The molecular weight excluding hydrogens is 302 g/mol. The second-order valence-electron chi connectivity index (χ2n) is 5.97.